The first kappa shape index (κ1) is 16.4. The predicted molar refractivity (Wildman–Crippen MR) is 80.4 cm³/mol. The topological polar surface area (TPSA) is 78.9 Å². The highest BCUT2D eigenvalue weighted by Gasteiger charge is 2.34. The van der Waals surface area contributed by atoms with Crippen LogP contribution in [0.3, 0.4) is 0 Å². The number of aliphatic hydroxyl groups excluding tert-OH is 1. The Bertz CT molecular complexity index is 648. The van der Waals surface area contributed by atoms with E-state index in [-0.39, 0.29) is 36.7 Å². The standard InChI is InChI=1S/C14H14BrFN2O4/c1-22-14(21)9-7-18(4-5-19)13(20)12(9)17-11-6-8(15)2-3-10(11)16/h2-3,6,17,19H,4-5,7H2,1H3. The Labute approximate surface area is 134 Å². The smallest absolute Gasteiger partial charge is 0.337 e. The van der Waals surface area contributed by atoms with Crippen molar-refractivity contribution in [1.29, 1.82) is 0 Å². The van der Waals surface area contributed by atoms with Crippen molar-refractivity contribution < 1.29 is 23.8 Å². The summed E-state index contributed by atoms with van der Waals surface area (Å²) in [5.41, 5.74) is 0.114. The van der Waals surface area contributed by atoms with E-state index < -0.39 is 17.7 Å². The molecule has 0 bridgehead atoms. The lowest BCUT2D eigenvalue weighted by Gasteiger charge is -2.15. The van der Waals surface area contributed by atoms with E-state index >= 15 is 0 Å². The summed E-state index contributed by atoms with van der Waals surface area (Å²) in [6.07, 6.45) is 0. The van der Waals surface area contributed by atoms with Crippen LogP contribution in [-0.2, 0) is 14.3 Å². The van der Waals surface area contributed by atoms with E-state index in [1.807, 2.05) is 0 Å². The van der Waals surface area contributed by atoms with Crippen LogP contribution < -0.4 is 5.32 Å². The maximum atomic E-state index is 13.8. The number of aliphatic hydroxyl groups is 1. The molecule has 1 aliphatic heterocycles. The molecular formula is C14H14BrFN2O4. The molecule has 8 heteroatoms. The highest BCUT2D eigenvalue weighted by molar-refractivity contribution is 9.10. The third kappa shape index (κ3) is 3.28. The fraction of sp³-hybridized carbons (Fsp3) is 0.286. The first-order valence-corrected chi connectivity index (χ1v) is 7.21. The minimum absolute atomic E-state index is 0.00399. The fourth-order valence-electron chi connectivity index (χ4n) is 2.08. The largest absolute Gasteiger partial charge is 0.466 e. The predicted octanol–water partition coefficient (Wildman–Crippen LogP) is 1.26. The molecule has 6 nitrogen and oxygen atoms in total. The van der Waals surface area contributed by atoms with Crippen LogP contribution in [0.15, 0.2) is 33.9 Å². The molecule has 1 aromatic carbocycles. The number of amides is 1. The lowest BCUT2D eigenvalue weighted by Crippen LogP contribution is -2.31. The van der Waals surface area contributed by atoms with Gasteiger partial charge in [0.15, 0.2) is 0 Å². The molecular weight excluding hydrogens is 359 g/mol. The molecule has 0 aliphatic carbocycles. The van der Waals surface area contributed by atoms with Gasteiger partial charge in [-0.25, -0.2) is 9.18 Å². The second kappa shape index (κ2) is 6.89. The highest BCUT2D eigenvalue weighted by Crippen LogP contribution is 2.26. The molecule has 0 aromatic heterocycles. The third-order valence-corrected chi connectivity index (χ3v) is 3.63. The first-order valence-electron chi connectivity index (χ1n) is 6.41. The van der Waals surface area contributed by atoms with E-state index in [0.29, 0.717) is 4.47 Å². The number of carbonyl (C=O) groups is 2. The van der Waals surface area contributed by atoms with Gasteiger partial charge in [-0.3, -0.25) is 4.79 Å². The van der Waals surface area contributed by atoms with Gasteiger partial charge in [-0.2, -0.15) is 0 Å². The van der Waals surface area contributed by atoms with Crippen molar-refractivity contribution in [2.75, 3.05) is 32.1 Å². The van der Waals surface area contributed by atoms with Gasteiger partial charge in [0.05, 0.1) is 31.5 Å². The molecule has 0 atom stereocenters. The van der Waals surface area contributed by atoms with Crippen LogP contribution in [0.25, 0.3) is 0 Å². The molecule has 1 aliphatic rings. The van der Waals surface area contributed by atoms with Crippen LogP contribution in [0.1, 0.15) is 0 Å². The minimum atomic E-state index is -0.674. The number of halogens is 2. The number of nitrogens with zero attached hydrogens (tertiary/aromatic N) is 1. The van der Waals surface area contributed by atoms with Gasteiger partial charge in [0, 0.05) is 11.0 Å². The number of hydrogen-bond donors (Lipinski definition) is 2. The van der Waals surface area contributed by atoms with E-state index in [0.717, 1.165) is 0 Å². The Kier molecular flexibility index (Phi) is 5.15. The number of benzene rings is 1. The Morgan fingerprint density at radius 1 is 1.55 bits per heavy atom. The number of hydrogen-bond acceptors (Lipinski definition) is 5. The number of rotatable bonds is 5. The van der Waals surface area contributed by atoms with Crippen molar-refractivity contribution in [3.8, 4) is 0 Å². The molecule has 118 valence electrons. The van der Waals surface area contributed by atoms with Gasteiger partial charge in [0.2, 0.25) is 0 Å². The van der Waals surface area contributed by atoms with Crippen molar-refractivity contribution in [3.05, 3.63) is 39.8 Å². The number of β-amino-alcohol motifs (C(OH)–C–C–N with tert-alkyl or cyclic N) is 1. The summed E-state index contributed by atoms with van der Waals surface area (Å²) in [6.45, 7) is -0.159. The van der Waals surface area contributed by atoms with Gasteiger partial charge in [-0.15, -0.1) is 0 Å². The summed E-state index contributed by atoms with van der Waals surface area (Å²) >= 11 is 3.21. The van der Waals surface area contributed by atoms with E-state index in [9.17, 15) is 14.0 Å². The molecule has 0 saturated carbocycles. The van der Waals surface area contributed by atoms with E-state index in [2.05, 4.69) is 26.0 Å². The SMILES string of the molecule is COC(=O)C1=C(Nc2cc(Br)ccc2F)C(=O)N(CCO)C1. The molecule has 0 unspecified atom stereocenters. The molecule has 0 saturated heterocycles. The summed E-state index contributed by atoms with van der Waals surface area (Å²) in [5.74, 6) is -1.73. The van der Waals surface area contributed by atoms with Gasteiger partial charge in [-0.05, 0) is 18.2 Å². The summed E-state index contributed by atoms with van der Waals surface area (Å²) in [4.78, 5) is 25.4. The van der Waals surface area contributed by atoms with Crippen molar-refractivity contribution in [2.45, 2.75) is 0 Å². The average Bonchev–Trinajstić information content (AvgIpc) is 2.80. The molecule has 1 amide bonds. The van der Waals surface area contributed by atoms with Gasteiger partial charge in [0.25, 0.3) is 5.91 Å². The van der Waals surface area contributed by atoms with Crippen LogP contribution in [-0.4, -0.2) is 48.7 Å². The van der Waals surface area contributed by atoms with Gasteiger partial charge in [0.1, 0.15) is 11.5 Å². The molecule has 0 radical (unpaired) electrons. The zero-order valence-corrected chi connectivity index (χ0v) is 13.3. The van der Waals surface area contributed by atoms with Gasteiger partial charge < -0.3 is 20.1 Å². The molecule has 2 N–H and O–H groups in total. The van der Waals surface area contributed by atoms with Crippen LogP contribution >= 0.6 is 15.9 Å². The van der Waals surface area contributed by atoms with Crippen LogP contribution in [0, 0.1) is 5.82 Å². The zero-order chi connectivity index (χ0) is 16.3. The zero-order valence-electron chi connectivity index (χ0n) is 11.7. The number of nitrogens with one attached hydrogen (secondary N) is 1. The second-order valence-corrected chi connectivity index (χ2v) is 5.46. The normalized spacial score (nSPS) is 14.5. The maximum absolute atomic E-state index is 13.8. The minimum Gasteiger partial charge on any atom is -0.466 e. The number of carbonyl (C=O) groups excluding carboxylic acids is 2. The lowest BCUT2D eigenvalue weighted by atomic mass is 10.2. The van der Waals surface area contributed by atoms with E-state index in [1.165, 1.54) is 30.2 Å². The Morgan fingerprint density at radius 2 is 2.27 bits per heavy atom. The molecule has 0 fully saturated rings. The number of ether oxygens (including phenoxy) is 1. The monoisotopic (exact) mass is 372 g/mol. The molecule has 1 heterocycles. The van der Waals surface area contributed by atoms with E-state index in [4.69, 9.17) is 5.11 Å². The molecule has 1 aromatic rings. The van der Waals surface area contributed by atoms with Gasteiger partial charge in [-0.1, -0.05) is 15.9 Å². The van der Waals surface area contributed by atoms with Crippen molar-refractivity contribution >= 4 is 33.5 Å². The lowest BCUT2D eigenvalue weighted by molar-refractivity contribution is -0.136. The van der Waals surface area contributed by atoms with E-state index in [1.54, 1.807) is 0 Å². The Hall–Kier alpha value is -1.93. The fourth-order valence-corrected chi connectivity index (χ4v) is 2.44. The van der Waals surface area contributed by atoms with Crippen molar-refractivity contribution in [2.24, 2.45) is 0 Å². The molecule has 0 spiro atoms. The summed E-state index contributed by atoms with van der Waals surface area (Å²) in [6, 6.07) is 4.21. The third-order valence-electron chi connectivity index (χ3n) is 3.14. The van der Waals surface area contributed by atoms with Crippen LogP contribution in [0.2, 0.25) is 0 Å². The molecule has 22 heavy (non-hydrogen) atoms. The van der Waals surface area contributed by atoms with Gasteiger partial charge >= 0.3 is 5.97 Å². The van der Waals surface area contributed by atoms with Crippen molar-refractivity contribution in [3.63, 3.8) is 0 Å². The number of methoxy groups -OCH3 is 1. The van der Waals surface area contributed by atoms with Crippen molar-refractivity contribution in [1.82, 2.24) is 4.90 Å². The summed E-state index contributed by atoms with van der Waals surface area (Å²) < 4.78 is 19.1. The summed E-state index contributed by atoms with van der Waals surface area (Å²) in [7, 11) is 1.20. The average molecular weight is 373 g/mol. The molecule has 2 rings (SSSR count). The number of anilines is 1. The Morgan fingerprint density at radius 3 is 2.91 bits per heavy atom. The summed E-state index contributed by atoms with van der Waals surface area (Å²) in [5, 5.41) is 11.6. The maximum Gasteiger partial charge on any atom is 0.337 e. The van der Waals surface area contributed by atoms with Crippen LogP contribution in [0.4, 0.5) is 10.1 Å². The van der Waals surface area contributed by atoms with Crippen LogP contribution in [0.5, 0.6) is 0 Å². The quantitative estimate of drug-likeness (QED) is 0.760. The highest BCUT2D eigenvalue weighted by atomic mass is 79.9. The second-order valence-electron chi connectivity index (χ2n) is 4.54. The Balaban J connectivity index is 2.36. The first-order chi connectivity index (χ1) is 10.5. The number of esters is 1.